The van der Waals surface area contributed by atoms with E-state index in [-0.39, 0.29) is 11.0 Å². The highest BCUT2D eigenvalue weighted by molar-refractivity contribution is 4.71. The molecule has 1 atom stereocenters. The molecule has 73 valence electrons. The molecule has 2 heteroatoms. The lowest BCUT2D eigenvalue weighted by molar-refractivity contribution is -0.245. The predicted octanol–water partition coefficient (Wildman–Crippen LogP) is 2.99. The standard InChI is InChI=1S/C10H21O2/c1-7-10(5,6)12-8(11)9(2,3)4/h8H,7H2,1-6H3. The van der Waals surface area contributed by atoms with Gasteiger partial charge in [0, 0.05) is 5.41 Å². The first-order valence-corrected chi connectivity index (χ1v) is 4.52. The van der Waals surface area contributed by atoms with E-state index in [2.05, 4.69) is 0 Å². The second-order valence-corrected chi connectivity index (χ2v) is 4.93. The van der Waals surface area contributed by atoms with Crippen LogP contribution in [0.15, 0.2) is 0 Å². The van der Waals surface area contributed by atoms with Crippen molar-refractivity contribution in [1.82, 2.24) is 0 Å². The number of hydrogen-bond acceptors (Lipinski definition) is 1. The summed E-state index contributed by atoms with van der Waals surface area (Å²) in [6.07, 6.45) is -0.0746. The molecule has 1 radical (unpaired) electrons. The van der Waals surface area contributed by atoms with Crippen molar-refractivity contribution >= 4 is 0 Å². The van der Waals surface area contributed by atoms with Crippen molar-refractivity contribution in [1.29, 1.82) is 0 Å². The van der Waals surface area contributed by atoms with Gasteiger partial charge in [-0.05, 0) is 20.3 Å². The van der Waals surface area contributed by atoms with Crippen molar-refractivity contribution in [2.75, 3.05) is 0 Å². The van der Waals surface area contributed by atoms with Crippen LogP contribution in [0.4, 0.5) is 0 Å². The van der Waals surface area contributed by atoms with E-state index in [9.17, 15) is 5.11 Å². The van der Waals surface area contributed by atoms with E-state index < -0.39 is 6.29 Å². The van der Waals surface area contributed by atoms with Gasteiger partial charge in [0.15, 0.2) is 6.29 Å². The smallest absolute Gasteiger partial charge is 0.196 e. The van der Waals surface area contributed by atoms with Crippen LogP contribution in [0.5, 0.6) is 0 Å². The van der Waals surface area contributed by atoms with Crippen LogP contribution >= 0.6 is 0 Å². The molecule has 2 nitrogen and oxygen atoms in total. The molecule has 0 spiro atoms. The highest BCUT2D eigenvalue weighted by Gasteiger charge is 2.30. The van der Waals surface area contributed by atoms with Crippen LogP contribution in [-0.2, 0) is 9.84 Å². The Balaban J connectivity index is 4.09. The third-order valence-corrected chi connectivity index (χ3v) is 1.98. The van der Waals surface area contributed by atoms with Crippen LogP contribution < -0.4 is 0 Å². The Morgan fingerprint density at radius 1 is 1.17 bits per heavy atom. The minimum absolute atomic E-state index is 0.292. The van der Waals surface area contributed by atoms with Crippen LogP contribution in [0.2, 0.25) is 0 Å². The molecule has 0 aliphatic carbocycles. The molecule has 0 amide bonds. The fourth-order valence-electron chi connectivity index (χ4n) is 0.550. The van der Waals surface area contributed by atoms with Gasteiger partial charge in [-0.1, -0.05) is 27.7 Å². The van der Waals surface area contributed by atoms with Crippen molar-refractivity contribution in [2.24, 2.45) is 5.41 Å². The van der Waals surface area contributed by atoms with Gasteiger partial charge in [0.05, 0.1) is 5.60 Å². The third kappa shape index (κ3) is 4.07. The monoisotopic (exact) mass is 173 g/mol. The summed E-state index contributed by atoms with van der Waals surface area (Å²) in [6, 6.07) is 0. The second kappa shape index (κ2) is 3.75. The molecule has 0 N–H and O–H groups in total. The van der Waals surface area contributed by atoms with Gasteiger partial charge in [-0.15, -0.1) is 0 Å². The molecule has 0 aliphatic heterocycles. The average Bonchev–Trinajstić information content (AvgIpc) is 1.85. The first kappa shape index (κ1) is 11.9. The molecule has 0 aromatic carbocycles. The average molecular weight is 173 g/mol. The zero-order chi connectivity index (χ0) is 9.99. The molecule has 0 saturated carbocycles. The summed E-state index contributed by atoms with van der Waals surface area (Å²) in [5.41, 5.74) is -0.605. The van der Waals surface area contributed by atoms with E-state index in [1.54, 1.807) is 0 Å². The molecule has 0 aromatic heterocycles. The zero-order valence-corrected chi connectivity index (χ0v) is 9.10. The minimum Gasteiger partial charge on any atom is -0.343 e. The highest BCUT2D eigenvalue weighted by Crippen LogP contribution is 2.26. The minimum atomic E-state index is -0.938. The molecule has 0 saturated heterocycles. The first-order valence-electron chi connectivity index (χ1n) is 4.52. The third-order valence-electron chi connectivity index (χ3n) is 1.98. The van der Waals surface area contributed by atoms with Crippen LogP contribution in [-0.4, -0.2) is 11.9 Å². The zero-order valence-electron chi connectivity index (χ0n) is 9.10. The van der Waals surface area contributed by atoms with Gasteiger partial charge in [0.2, 0.25) is 0 Å². The van der Waals surface area contributed by atoms with Crippen LogP contribution in [0.1, 0.15) is 48.0 Å². The van der Waals surface area contributed by atoms with Crippen molar-refractivity contribution in [3.05, 3.63) is 0 Å². The normalized spacial score (nSPS) is 16.2. The van der Waals surface area contributed by atoms with E-state index in [1.807, 2.05) is 41.5 Å². The Labute approximate surface area is 75.9 Å². The van der Waals surface area contributed by atoms with Gasteiger partial charge < -0.3 is 4.74 Å². The van der Waals surface area contributed by atoms with Crippen LogP contribution in [0, 0.1) is 5.41 Å². The molecule has 0 rings (SSSR count). The molecule has 0 aliphatic rings. The van der Waals surface area contributed by atoms with Gasteiger partial charge in [-0.25, -0.2) is 5.11 Å². The summed E-state index contributed by atoms with van der Waals surface area (Å²) in [6.45, 7) is 11.6. The summed E-state index contributed by atoms with van der Waals surface area (Å²) < 4.78 is 5.40. The lowest BCUT2D eigenvalue weighted by Gasteiger charge is -2.32. The van der Waals surface area contributed by atoms with Gasteiger partial charge >= 0.3 is 0 Å². The Hall–Kier alpha value is -0.0800. The van der Waals surface area contributed by atoms with E-state index in [0.717, 1.165) is 6.42 Å². The SMILES string of the molecule is CCC(C)(C)OC([O])C(C)(C)C. The van der Waals surface area contributed by atoms with Gasteiger partial charge in [-0.3, -0.25) is 0 Å². The first-order chi connectivity index (χ1) is 5.19. The van der Waals surface area contributed by atoms with Crippen LogP contribution in [0.3, 0.4) is 0 Å². The number of hydrogen-bond donors (Lipinski definition) is 0. The Kier molecular flexibility index (Phi) is 3.73. The number of rotatable bonds is 3. The van der Waals surface area contributed by atoms with Crippen molar-refractivity contribution in [3.8, 4) is 0 Å². The fourth-order valence-corrected chi connectivity index (χ4v) is 0.550. The molecular formula is C10H21O2. The quantitative estimate of drug-likeness (QED) is 0.603. The van der Waals surface area contributed by atoms with Gasteiger partial charge in [0.1, 0.15) is 0 Å². The molecule has 0 bridgehead atoms. The second-order valence-electron chi connectivity index (χ2n) is 4.93. The van der Waals surface area contributed by atoms with E-state index in [4.69, 9.17) is 4.74 Å². The lowest BCUT2D eigenvalue weighted by Crippen LogP contribution is -2.36. The largest absolute Gasteiger partial charge is 0.343 e. The predicted molar refractivity (Wildman–Crippen MR) is 49.4 cm³/mol. The summed E-state index contributed by atoms with van der Waals surface area (Å²) in [5, 5.41) is 11.5. The molecule has 0 heterocycles. The fraction of sp³-hybridized carbons (Fsp3) is 1.00. The summed E-state index contributed by atoms with van der Waals surface area (Å²) >= 11 is 0. The molecular weight excluding hydrogens is 152 g/mol. The lowest BCUT2D eigenvalue weighted by atomic mass is 9.95. The molecule has 1 unspecified atom stereocenters. The molecule has 0 aromatic rings. The Morgan fingerprint density at radius 2 is 1.58 bits per heavy atom. The Bertz CT molecular complexity index is 133. The summed E-state index contributed by atoms with van der Waals surface area (Å²) in [5.74, 6) is 0. The molecule has 12 heavy (non-hydrogen) atoms. The maximum Gasteiger partial charge on any atom is 0.196 e. The summed E-state index contributed by atoms with van der Waals surface area (Å²) in [7, 11) is 0. The van der Waals surface area contributed by atoms with Gasteiger partial charge in [-0.2, -0.15) is 0 Å². The number of ether oxygens (including phenoxy) is 1. The topological polar surface area (TPSA) is 29.1 Å². The maximum absolute atomic E-state index is 11.5. The molecule has 0 fully saturated rings. The van der Waals surface area contributed by atoms with E-state index in [1.165, 1.54) is 0 Å². The highest BCUT2D eigenvalue weighted by atomic mass is 16.6. The van der Waals surface area contributed by atoms with E-state index in [0.29, 0.717) is 0 Å². The van der Waals surface area contributed by atoms with E-state index >= 15 is 0 Å². The van der Waals surface area contributed by atoms with Crippen LogP contribution in [0.25, 0.3) is 0 Å². The van der Waals surface area contributed by atoms with Crippen molar-refractivity contribution < 1.29 is 9.84 Å². The van der Waals surface area contributed by atoms with Gasteiger partial charge in [0.25, 0.3) is 0 Å². The van der Waals surface area contributed by atoms with Crippen molar-refractivity contribution in [3.63, 3.8) is 0 Å². The Morgan fingerprint density at radius 3 is 1.83 bits per heavy atom. The summed E-state index contributed by atoms with van der Waals surface area (Å²) in [4.78, 5) is 0. The maximum atomic E-state index is 11.5. The van der Waals surface area contributed by atoms with Crippen molar-refractivity contribution in [2.45, 2.75) is 59.9 Å².